The molecule has 4 aromatic carbocycles. The van der Waals surface area contributed by atoms with Crippen molar-refractivity contribution in [2.75, 3.05) is 27.8 Å². The summed E-state index contributed by atoms with van der Waals surface area (Å²) in [6.07, 6.45) is -0.00913. The molecule has 1 aliphatic rings. The number of rotatable bonds is 9. The Kier molecular flexibility index (Phi) is 10.1. The number of carbonyl (C=O) groups is 2. The van der Waals surface area contributed by atoms with Gasteiger partial charge in [-0.15, -0.1) is 0 Å². The maximum Gasteiger partial charge on any atom is 0.303 e. The maximum absolute atomic E-state index is 14.6. The SMILES string of the molecule is COc1ccc2c(c1OCC#Cc1ccccc1)CC(C(=O)NS(=O)(=O)N(C)C)N(C(=O)C(c1ccccc1)c1ccccc1)C2. The van der Waals surface area contributed by atoms with Crippen LogP contribution >= 0.6 is 0 Å². The lowest BCUT2D eigenvalue weighted by atomic mass is 9.86. The molecule has 1 N–H and O–H groups in total. The Morgan fingerprint density at radius 3 is 2.07 bits per heavy atom. The van der Waals surface area contributed by atoms with Crippen LogP contribution in [0.1, 0.15) is 33.7 Å². The molecule has 4 aromatic rings. The van der Waals surface area contributed by atoms with E-state index in [9.17, 15) is 18.0 Å². The molecule has 1 atom stereocenters. The van der Waals surface area contributed by atoms with Crippen LogP contribution in [0.2, 0.25) is 0 Å². The van der Waals surface area contributed by atoms with Crippen molar-refractivity contribution >= 4 is 22.0 Å². The van der Waals surface area contributed by atoms with Crippen LogP contribution in [0.5, 0.6) is 11.5 Å². The molecule has 0 saturated carbocycles. The Morgan fingerprint density at radius 2 is 1.50 bits per heavy atom. The molecular weight excluding hydrogens is 602 g/mol. The van der Waals surface area contributed by atoms with Crippen LogP contribution in [-0.2, 0) is 32.8 Å². The van der Waals surface area contributed by atoms with E-state index in [1.54, 1.807) is 6.07 Å². The summed E-state index contributed by atoms with van der Waals surface area (Å²) < 4.78 is 40.3. The Balaban J connectivity index is 1.55. The van der Waals surface area contributed by atoms with Crippen LogP contribution in [0.25, 0.3) is 0 Å². The average Bonchev–Trinajstić information content (AvgIpc) is 3.07. The number of nitrogens with zero attached hydrogens (tertiary/aromatic N) is 2. The third-order valence-electron chi connectivity index (χ3n) is 7.76. The molecule has 0 fully saturated rings. The molecule has 0 spiro atoms. The van der Waals surface area contributed by atoms with Crippen LogP contribution < -0.4 is 14.2 Å². The Morgan fingerprint density at radius 1 is 0.913 bits per heavy atom. The van der Waals surface area contributed by atoms with Crippen LogP contribution in [0.15, 0.2) is 103 Å². The molecule has 0 aliphatic carbocycles. The number of hydrogen-bond donors (Lipinski definition) is 1. The van der Waals surface area contributed by atoms with Crippen molar-refractivity contribution in [1.82, 2.24) is 13.9 Å². The van der Waals surface area contributed by atoms with Gasteiger partial charge in [-0.25, -0.2) is 4.72 Å². The van der Waals surface area contributed by atoms with Gasteiger partial charge in [-0.3, -0.25) is 9.59 Å². The predicted octanol–water partition coefficient (Wildman–Crippen LogP) is 4.13. The number of benzene rings is 4. The van der Waals surface area contributed by atoms with E-state index in [2.05, 4.69) is 16.6 Å². The molecule has 0 radical (unpaired) electrons. The third kappa shape index (κ3) is 7.23. The largest absolute Gasteiger partial charge is 0.493 e. The summed E-state index contributed by atoms with van der Waals surface area (Å²) in [6, 6.07) is 30.6. The van der Waals surface area contributed by atoms with E-state index >= 15 is 0 Å². The van der Waals surface area contributed by atoms with E-state index in [0.29, 0.717) is 17.1 Å². The van der Waals surface area contributed by atoms with Crippen molar-refractivity contribution < 1.29 is 27.5 Å². The van der Waals surface area contributed by atoms with E-state index in [-0.39, 0.29) is 25.5 Å². The van der Waals surface area contributed by atoms with Gasteiger partial charge < -0.3 is 14.4 Å². The highest BCUT2D eigenvalue weighted by atomic mass is 32.2. The molecule has 1 unspecified atom stereocenters. The molecule has 5 rings (SSSR count). The van der Waals surface area contributed by atoms with E-state index in [4.69, 9.17) is 9.47 Å². The summed E-state index contributed by atoms with van der Waals surface area (Å²) in [7, 11) is 0.0163. The van der Waals surface area contributed by atoms with Crippen LogP contribution in [-0.4, -0.2) is 63.3 Å². The number of methoxy groups -OCH3 is 1. The number of nitrogens with one attached hydrogen (secondary N) is 1. The molecule has 1 heterocycles. The summed E-state index contributed by atoms with van der Waals surface area (Å²) in [5.41, 5.74) is 3.73. The number of hydrogen-bond acceptors (Lipinski definition) is 6. The number of fused-ring (bicyclic) bond motifs is 1. The fraction of sp³-hybridized carbons (Fsp3) is 0.222. The fourth-order valence-corrected chi connectivity index (χ4v) is 5.96. The Hall–Kier alpha value is -5.11. The van der Waals surface area contributed by atoms with Gasteiger partial charge in [-0.2, -0.15) is 12.7 Å². The minimum absolute atomic E-state index is 0.00913. The minimum Gasteiger partial charge on any atom is -0.493 e. The molecule has 1 aliphatic heterocycles. The lowest BCUT2D eigenvalue weighted by Crippen LogP contribution is -2.55. The summed E-state index contributed by atoms with van der Waals surface area (Å²) in [5.74, 6) is 5.00. The molecule has 0 saturated heterocycles. The van der Waals surface area contributed by atoms with Gasteiger partial charge in [0.15, 0.2) is 11.5 Å². The molecule has 0 aromatic heterocycles. The standard InChI is InChI=1S/C36H35N3O6S/c1-38(2)46(42,43)37-35(40)31-24-30-29(21-22-32(44-3)34(30)45-23-13-16-26-14-7-4-8-15-26)25-39(31)36(41)33(27-17-9-5-10-18-27)28-19-11-6-12-20-28/h4-12,14-15,17-22,31,33H,23-25H2,1-3H3,(H,37,40). The van der Waals surface area contributed by atoms with Crippen molar-refractivity contribution in [1.29, 1.82) is 0 Å². The van der Waals surface area contributed by atoms with Gasteiger partial charge in [-0.1, -0.05) is 96.8 Å². The van der Waals surface area contributed by atoms with E-state index < -0.39 is 28.1 Å². The summed E-state index contributed by atoms with van der Waals surface area (Å²) >= 11 is 0. The fourth-order valence-electron chi connectivity index (χ4n) is 5.39. The second-order valence-electron chi connectivity index (χ2n) is 10.9. The monoisotopic (exact) mass is 637 g/mol. The van der Waals surface area contributed by atoms with Gasteiger partial charge in [0.05, 0.1) is 13.0 Å². The molecular formula is C36H35N3O6S. The maximum atomic E-state index is 14.6. The van der Waals surface area contributed by atoms with Crippen LogP contribution in [0, 0.1) is 11.8 Å². The molecule has 10 heteroatoms. The topological polar surface area (TPSA) is 105 Å². The third-order valence-corrected chi connectivity index (χ3v) is 9.18. The lowest BCUT2D eigenvalue weighted by molar-refractivity contribution is -0.141. The highest BCUT2D eigenvalue weighted by Gasteiger charge is 2.41. The first-order valence-corrected chi connectivity index (χ1v) is 16.1. The zero-order valence-electron chi connectivity index (χ0n) is 25.8. The van der Waals surface area contributed by atoms with Gasteiger partial charge >= 0.3 is 10.2 Å². The Bertz CT molecular complexity index is 1810. The van der Waals surface area contributed by atoms with Gasteiger partial charge in [0.2, 0.25) is 5.91 Å². The lowest BCUT2D eigenvalue weighted by Gasteiger charge is -2.38. The zero-order chi connectivity index (χ0) is 32.7. The molecule has 46 heavy (non-hydrogen) atoms. The second kappa shape index (κ2) is 14.3. The first kappa shape index (κ1) is 32.3. The second-order valence-corrected chi connectivity index (χ2v) is 12.8. The zero-order valence-corrected chi connectivity index (χ0v) is 26.7. The van der Waals surface area contributed by atoms with E-state index in [1.807, 2.05) is 97.1 Å². The van der Waals surface area contributed by atoms with Gasteiger partial charge in [0.1, 0.15) is 12.6 Å². The van der Waals surface area contributed by atoms with Gasteiger partial charge in [0, 0.05) is 38.2 Å². The summed E-state index contributed by atoms with van der Waals surface area (Å²) in [6.45, 7) is 0.0841. The van der Waals surface area contributed by atoms with Crippen molar-refractivity contribution in [3.8, 4) is 23.3 Å². The van der Waals surface area contributed by atoms with Crippen molar-refractivity contribution in [2.24, 2.45) is 0 Å². The molecule has 2 amide bonds. The van der Waals surface area contributed by atoms with Crippen molar-refractivity contribution in [3.05, 3.63) is 131 Å². The average molecular weight is 638 g/mol. The molecule has 0 bridgehead atoms. The van der Waals surface area contributed by atoms with Gasteiger partial charge in [0.25, 0.3) is 5.91 Å². The Labute approximate surface area is 269 Å². The number of carbonyl (C=O) groups excluding carboxylic acids is 2. The van der Waals surface area contributed by atoms with E-state index in [0.717, 1.165) is 26.6 Å². The first-order chi connectivity index (χ1) is 22.2. The summed E-state index contributed by atoms with van der Waals surface area (Å²) in [4.78, 5) is 29.9. The van der Waals surface area contributed by atoms with Crippen LogP contribution in [0.4, 0.5) is 0 Å². The minimum atomic E-state index is -4.14. The predicted molar refractivity (Wildman–Crippen MR) is 175 cm³/mol. The quantitative estimate of drug-likeness (QED) is 0.277. The number of ether oxygens (including phenoxy) is 2. The highest BCUT2D eigenvalue weighted by molar-refractivity contribution is 7.87. The molecule has 9 nitrogen and oxygen atoms in total. The first-order valence-electron chi connectivity index (χ1n) is 14.7. The number of amides is 2. The van der Waals surface area contributed by atoms with Crippen molar-refractivity contribution in [3.63, 3.8) is 0 Å². The molecule has 236 valence electrons. The normalized spacial score (nSPS) is 14.2. The van der Waals surface area contributed by atoms with Gasteiger partial charge in [-0.05, 0) is 34.9 Å². The van der Waals surface area contributed by atoms with Crippen LogP contribution in [0.3, 0.4) is 0 Å². The summed E-state index contributed by atoms with van der Waals surface area (Å²) in [5, 5.41) is 0. The van der Waals surface area contributed by atoms with E-state index in [1.165, 1.54) is 26.1 Å². The smallest absolute Gasteiger partial charge is 0.303 e. The van der Waals surface area contributed by atoms with Crippen molar-refractivity contribution in [2.45, 2.75) is 24.9 Å². The highest BCUT2D eigenvalue weighted by Crippen LogP contribution is 2.40.